The molecule has 1 amide bonds. The van der Waals surface area contributed by atoms with Gasteiger partial charge in [-0.3, -0.25) is 9.69 Å². The SMILES string of the molecule is COCC(C)NC(=O)CN(C)C1CCNCC1. The summed E-state index contributed by atoms with van der Waals surface area (Å²) in [5.74, 6) is 0.0792. The predicted molar refractivity (Wildman–Crippen MR) is 68.0 cm³/mol. The minimum absolute atomic E-state index is 0.0777. The van der Waals surface area contributed by atoms with Crippen LogP contribution in [0.25, 0.3) is 0 Å². The van der Waals surface area contributed by atoms with E-state index in [1.165, 1.54) is 0 Å². The second-order valence-corrected chi connectivity index (χ2v) is 4.82. The van der Waals surface area contributed by atoms with Gasteiger partial charge < -0.3 is 15.4 Å². The van der Waals surface area contributed by atoms with Crippen molar-refractivity contribution in [1.82, 2.24) is 15.5 Å². The van der Waals surface area contributed by atoms with Gasteiger partial charge in [0.05, 0.1) is 13.2 Å². The second kappa shape index (κ2) is 7.63. The monoisotopic (exact) mass is 243 g/mol. The molecule has 0 spiro atoms. The zero-order chi connectivity index (χ0) is 12.7. The molecule has 0 saturated carbocycles. The maximum atomic E-state index is 11.8. The third-order valence-corrected chi connectivity index (χ3v) is 3.15. The van der Waals surface area contributed by atoms with E-state index in [1.54, 1.807) is 7.11 Å². The van der Waals surface area contributed by atoms with E-state index in [2.05, 4.69) is 15.5 Å². The highest BCUT2D eigenvalue weighted by Gasteiger charge is 2.19. The molecule has 1 fully saturated rings. The van der Waals surface area contributed by atoms with E-state index in [0.29, 0.717) is 19.2 Å². The largest absolute Gasteiger partial charge is 0.383 e. The van der Waals surface area contributed by atoms with Crippen molar-refractivity contribution in [1.29, 1.82) is 0 Å². The molecule has 0 bridgehead atoms. The highest BCUT2D eigenvalue weighted by molar-refractivity contribution is 5.78. The Morgan fingerprint density at radius 2 is 2.18 bits per heavy atom. The van der Waals surface area contributed by atoms with Crippen LogP contribution in [0.5, 0.6) is 0 Å². The summed E-state index contributed by atoms with van der Waals surface area (Å²) in [4.78, 5) is 13.9. The minimum atomic E-state index is 0.0777. The van der Waals surface area contributed by atoms with Crippen molar-refractivity contribution in [3.05, 3.63) is 0 Å². The molecule has 0 aromatic rings. The van der Waals surface area contributed by atoms with Crippen molar-refractivity contribution in [3.63, 3.8) is 0 Å². The lowest BCUT2D eigenvalue weighted by atomic mass is 10.1. The van der Waals surface area contributed by atoms with Gasteiger partial charge in [0.15, 0.2) is 0 Å². The molecule has 17 heavy (non-hydrogen) atoms. The zero-order valence-electron chi connectivity index (χ0n) is 11.2. The highest BCUT2D eigenvalue weighted by atomic mass is 16.5. The maximum Gasteiger partial charge on any atom is 0.234 e. The smallest absolute Gasteiger partial charge is 0.234 e. The van der Waals surface area contributed by atoms with Crippen LogP contribution >= 0.6 is 0 Å². The molecule has 5 heteroatoms. The van der Waals surface area contributed by atoms with Gasteiger partial charge in [-0.15, -0.1) is 0 Å². The number of nitrogens with one attached hydrogen (secondary N) is 2. The Hall–Kier alpha value is -0.650. The number of likely N-dealkylation sites (N-methyl/N-ethyl adjacent to an activating group) is 1. The average molecular weight is 243 g/mol. The standard InChI is InChI=1S/C12H25N3O2/c1-10(9-17-3)14-12(16)8-15(2)11-4-6-13-7-5-11/h10-11,13H,4-9H2,1-3H3,(H,14,16). The van der Waals surface area contributed by atoms with Crippen molar-refractivity contribution < 1.29 is 9.53 Å². The van der Waals surface area contributed by atoms with Crippen LogP contribution in [0.15, 0.2) is 0 Å². The van der Waals surface area contributed by atoms with E-state index in [0.717, 1.165) is 25.9 Å². The molecule has 5 nitrogen and oxygen atoms in total. The third kappa shape index (κ3) is 5.48. The number of piperidine rings is 1. The van der Waals surface area contributed by atoms with Gasteiger partial charge in [-0.25, -0.2) is 0 Å². The Morgan fingerprint density at radius 3 is 2.76 bits per heavy atom. The maximum absolute atomic E-state index is 11.8. The fourth-order valence-corrected chi connectivity index (χ4v) is 2.22. The molecule has 1 aliphatic rings. The topological polar surface area (TPSA) is 53.6 Å². The Labute approximate surface area is 104 Å². The van der Waals surface area contributed by atoms with Crippen LogP contribution < -0.4 is 10.6 Å². The van der Waals surface area contributed by atoms with Gasteiger partial charge in [0.25, 0.3) is 0 Å². The van der Waals surface area contributed by atoms with E-state index in [9.17, 15) is 4.79 Å². The lowest BCUT2D eigenvalue weighted by Crippen LogP contribution is -2.47. The number of carbonyl (C=O) groups is 1. The van der Waals surface area contributed by atoms with Crippen LogP contribution in [0, 0.1) is 0 Å². The first-order valence-electron chi connectivity index (χ1n) is 6.32. The Kier molecular flexibility index (Phi) is 6.47. The number of ether oxygens (including phenoxy) is 1. The normalized spacial score (nSPS) is 19.3. The number of hydrogen-bond acceptors (Lipinski definition) is 4. The molecule has 0 aromatic heterocycles. The van der Waals surface area contributed by atoms with E-state index in [1.807, 2.05) is 14.0 Å². The van der Waals surface area contributed by atoms with Gasteiger partial charge in [-0.05, 0) is 39.9 Å². The molecule has 1 atom stereocenters. The van der Waals surface area contributed by atoms with E-state index >= 15 is 0 Å². The lowest BCUT2D eigenvalue weighted by Gasteiger charge is -2.31. The van der Waals surface area contributed by atoms with Crippen molar-refractivity contribution >= 4 is 5.91 Å². The van der Waals surface area contributed by atoms with Crippen LogP contribution in [0.4, 0.5) is 0 Å². The van der Waals surface area contributed by atoms with Crippen LogP contribution in [0.2, 0.25) is 0 Å². The van der Waals surface area contributed by atoms with E-state index < -0.39 is 0 Å². The van der Waals surface area contributed by atoms with Crippen LogP contribution in [0.3, 0.4) is 0 Å². The van der Waals surface area contributed by atoms with Crippen molar-refractivity contribution in [2.45, 2.75) is 31.8 Å². The van der Waals surface area contributed by atoms with Gasteiger partial charge in [-0.2, -0.15) is 0 Å². The number of carbonyl (C=O) groups excluding carboxylic acids is 1. The van der Waals surface area contributed by atoms with Gasteiger partial charge in [0.1, 0.15) is 0 Å². The summed E-state index contributed by atoms with van der Waals surface area (Å²) in [6.07, 6.45) is 2.24. The molecule has 2 N–H and O–H groups in total. The molecule has 0 radical (unpaired) electrons. The molecule has 1 aliphatic heterocycles. The fourth-order valence-electron chi connectivity index (χ4n) is 2.22. The molecule has 1 rings (SSSR count). The summed E-state index contributed by atoms with van der Waals surface area (Å²) in [6, 6.07) is 0.605. The number of methoxy groups -OCH3 is 1. The Morgan fingerprint density at radius 1 is 1.53 bits per heavy atom. The summed E-state index contributed by atoms with van der Waals surface area (Å²) < 4.78 is 4.99. The molecule has 1 unspecified atom stereocenters. The quantitative estimate of drug-likeness (QED) is 0.679. The Balaban J connectivity index is 2.24. The van der Waals surface area contributed by atoms with Crippen LogP contribution in [-0.2, 0) is 9.53 Å². The molecule has 0 aliphatic carbocycles. The number of rotatable bonds is 6. The fraction of sp³-hybridized carbons (Fsp3) is 0.917. The van der Waals surface area contributed by atoms with Crippen LogP contribution in [0.1, 0.15) is 19.8 Å². The summed E-state index contributed by atoms with van der Waals surface area (Å²) in [5.41, 5.74) is 0. The van der Waals surface area contributed by atoms with E-state index in [4.69, 9.17) is 4.74 Å². The van der Waals surface area contributed by atoms with Gasteiger partial charge in [0.2, 0.25) is 5.91 Å². The number of nitrogens with zero attached hydrogens (tertiary/aromatic N) is 1. The first kappa shape index (κ1) is 14.4. The molecule has 100 valence electrons. The average Bonchev–Trinajstić information content (AvgIpc) is 2.30. The first-order valence-corrected chi connectivity index (χ1v) is 6.32. The van der Waals surface area contributed by atoms with Crippen molar-refractivity contribution in [2.75, 3.05) is 40.4 Å². The number of amides is 1. The molecule has 0 aromatic carbocycles. The molecule has 1 saturated heterocycles. The molecule has 1 heterocycles. The Bertz CT molecular complexity index is 230. The zero-order valence-corrected chi connectivity index (χ0v) is 11.2. The first-order chi connectivity index (χ1) is 8.13. The van der Waals surface area contributed by atoms with Crippen molar-refractivity contribution in [2.24, 2.45) is 0 Å². The van der Waals surface area contributed by atoms with Gasteiger partial charge >= 0.3 is 0 Å². The molecular weight excluding hydrogens is 218 g/mol. The summed E-state index contributed by atoms with van der Waals surface area (Å²) >= 11 is 0. The van der Waals surface area contributed by atoms with E-state index in [-0.39, 0.29) is 11.9 Å². The lowest BCUT2D eigenvalue weighted by molar-refractivity contribution is -0.123. The van der Waals surface area contributed by atoms with Gasteiger partial charge in [-0.1, -0.05) is 0 Å². The van der Waals surface area contributed by atoms with Gasteiger partial charge in [0, 0.05) is 19.2 Å². The minimum Gasteiger partial charge on any atom is -0.383 e. The molecular formula is C12H25N3O2. The van der Waals surface area contributed by atoms with Crippen LogP contribution in [-0.4, -0.2) is 63.3 Å². The summed E-state index contributed by atoms with van der Waals surface area (Å²) in [6.45, 7) is 5.08. The second-order valence-electron chi connectivity index (χ2n) is 4.82. The summed E-state index contributed by atoms with van der Waals surface area (Å²) in [5, 5.41) is 6.26. The summed E-state index contributed by atoms with van der Waals surface area (Å²) in [7, 11) is 3.67. The number of hydrogen-bond donors (Lipinski definition) is 2. The third-order valence-electron chi connectivity index (χ3n) is 3.15. The van der Waals surface area contributed by atoms with Crippen molar-refractivity contribution in [3.8, 4) is 0 Å². The predicted octanol–water partition coefficient (Wildman–Crippen LogP) is -0.179. The highest BCUT2D eigenvalue weighted by Crippen LogP contribution is 2.08.